The number of carbonyl (C=O) groups excluding carboxylic acids is 2. The van der Waals surface area contributed by atoms with Crippen molar-refractivity contribution in [2.24, 2.45) is 0 Å². The van der Waals surface area contributed by atoms with Gasteiger partial charge in [0.15, 0.2) is 6.10 Å². The molecule has 1 saturated heterocycles. The molecule has 0 saturated carbocycles. The number of rotatable bonds is 6. The van der Waals surface area contributed by atoms with Crippen LogP contribution in [0.25, 0.3) is 0 Å². The quantitative estimate of drug-likeness (QED) is 0.661. The number of sulfonamides is 1. The molecule has 0 unspecified atom stereocenters. The predicted molar refractivity (Wildman–Crippen MR) is 105 cm³/mol. The van der Waals surface area contributed by atoms with Crippen LogP contribution in [0, 0.1) is 0 Å². The zero-order valence-electron chi connectivity index (χ0n) is 15.6. The number of anilines is 1. The molecule has 156 valence electrons. The topological polar surface area (TPSA) is 118 Å². The van der Waals surface area contributed by atoms with Gasteiger partial charge in [-0.1, -0.05) is 11.6 Å². The van der Waals surface area contributed by atoms with E-state index in [1.54, 1.807) is 0 Å². The van der Waals surface area contributed by atoms with E-state index in [2.05, 4.69) is 10.3 Å². The number of morpholine rings is 1. The lowest BCUT2D eigenvalue weighted by Gasteiger charge is -2.26. The van der Waals surface area contributed by atoms with Gasteiger partial charge in [0.1, 0.15) is 5.69 Å². The standard InChI is InChI=1S/C18H20ClN3O6S/c1-12(28-18(24)16-10-13(19)11-20-16)17(23)21-14-2-4-15(5-3-14)29(25,26)22-6-8-27-9-7-22/h2-5,10-12,20H,6-9H2,1H3,(H,21,23)/t12-/m0/s1. The average Bonchev–Trinajstić information content (AvgIpc) is 3.15. The molecule has 2 aromatic rings. The molecule has 1 aromatic heterocycles. The van der Waals surface area contributed by atoms with Gasteiger partial charge in [0.25, 0.3) is 5.91 Å². The van der Waals surface area contributed by atoms with Gasteiger partial charge in [-0.05, 0) is 37.3 Å². The molecule has 0 radical (unpaired) electrons. The van der Waals surface area contributed by atoms with Crippen LogP contribution in [0.3, 0.4) is 0 Å². The number of H-pyrrole nitrogens is 1. The maximum Gasteiger partial charge on any atom is 0.355 e. The van der Waals surface area contributed by atoms with Crippen LogP contribution in [0.4, 0.5) is 5.69 Å². The first kappa shape index (κ1) is 21.3. The van der Waals surface area contributed by atoms with Crippen molar-refractivity contribution in [2.75, 3.05) is 31.6 Å². The second-order valence-electron chi connectivity index (χ2n) is 6.31. The van der Waals surface area contributed by atoms with Crippen LogP contribution >= 0.6 is 11.6 Å². The lowest BCUT2D eigenvalue weighted by molar-refractivity contribution is -0.123. The summed E-state index contributed by atoms with van der Waals surface area (Å²) in [5.74, 6) is -1.27. The van der Waals surface area contributed by atoms with Crippen molar-refractivity contribution in [1.29, 1.82) is 0 Å². The van der Waals surface area contributed by atoms with Gasteiger partial charge in [0.05, 0.1) is 23.1 Å². The lowest BCUT2D eigenvalue weighted by atomic mass is 10.3. The summed E-state index contributed by atoms with van der Waals surface area (Å²) < 4.78 is 36.8. The van der Waals surface area contributed by atoms with Crippen LogP contribution in [0.1, 0.15) is 17.4 Å². The van der Waals surface area contributed by atoms with Gasteiger partial charge < -0.3 is 19.8 Å². The van der Waals surface area contributed by atoms with Crippen molar-refractivity contribution in [2.45, 2.75) is 17.9 Å². The fourth-order valence-corrected chi connectivity index (χ4v) is 4.23. The van der Waals surface area contributed by atoms with Crippen molar-refractivity contribution in [3.8, 4) is 0 Å². The molecule has 0 spiro atoms. The van der Waals surface area contributed by atoms with Crippen LogP contribution in [-0.2, 0) is 24.3 Å². The first-order valence-corrected chi connectivity index (χ1v) is 10.6. The lowest BCUT2D eigenvalue weighted by Crippen LogP contribution is -2.40. The van der Waals surface area contributed by atoms with Crippen molar-refractivity contribution < 1.29 is 27.5 Å². The molecule has 2 heterocycles. The monoisotopic (exact) mass is 441 g/mol. The van der Waals surface area contributed by atoms with E-state index in [0.717, 1.165) is 0 Å². The van der Waals surface area contributed by atoms with E-state index < -0.39 is 28.0 Å². The van der Waals surface area contributed by atoms with Crippen LogP contribution in [-0.4, -0.2) is 62.0 Å². The van der Waals surface area contributed by atoms with Gasteiger partial charge in [-0.15, -0.1) is 0 Å². The van der Waals surface area contributed by atoms with Crippen LogP contribution < -0.4 is 5.32 Å². The van der Waals surface area contributed by atoms with Crippen molar-refractivity contribution >= 4 is 39.2 Å². The fraction of sp³-hybridized carbons (Fsp3) is 0.333. The first-order valence-electron chi connectivity index (χ1n) is 8.81. The molecule has 29 heavy (non-hydrogen) atoms. The van der Waals surface area contributed by atoms with Crippen molar-refractivity contribution in [3.05, 3.63) is 47.2 Å². The summed E-state index contributed by atoms with van der Waals surface area (Å²) in [5.41, 5.74) is 0.508. The second kappa shape index (κ2) is 8.95. The number of esters is 1. The minimum atomic E-state index is -3.61. The molecule has 11 heteroatoms. The van der Waals surface area contributed by atoms with Crippen LogP contribution in [0.2, 0.25) is 5.02 Å². The van der Waals surface area contributed by atoms with E-state index in [0.29, 0.717) is 37.0 Å². The molecule has 1 aliphatic rings. The molecule has 1 amide bonds. The molecule has 0 bridgehead atoms. The number of benzene rings is 1. The van der Waals surface area contributed by atoms with E-state index >= 15 is 0 Å². The Kier molecular flexibility index (Phi) is 6.58. The summed E-state index contributed by atoms with van der Waals surface area (Å²) >= 11 is 5.73. The Hall–Kier alpha value is -2.40. The second-order valence-corrected chi connectivity index (χ2v) is 8.68. The zero-order valence-corrected chi connectivity index (χ0v) is 17.1. The summed E-state index contributed by atoms with van der Waals surface area (Å²) in [4.78, 5) is 27.0. The van der Waals surface area contributed by atoms with E-state index in [-0.39, 0.29) is 10.6 Å². The predicted octanol–water partition coefficient (Wildman–Crippen LogP) is 1.87. The molecule has 3 rings (SSSR count). The van der Waals surface area contributed by atoms with E-state index in [1.807, 2.05) is 0 Å². The number of hydrogen-bond donors (Lipinski definition) is 2. The number of nitrogens with one attached hydrogen (secondary N) is 2. The number of halogens is 1. The molecule has 9 nitrogen and oxygen atoms in total. The highest BCUT2D eigenvalue weighted by molar-refractivity contribution is 7.89. The number of carbonyl (C=O) groups is 2. The Morgan fingerprint density at radius 2 is 1.90 bits per heavy atom. The molecule has 1 fully saturated rings. The molecule has 1 atom stereocenters. The van der Waals surface area contributed by atoms with Gasteiger partial charge in [-0.3, -0.25) is 4.79 Å². The van der Waals surface area contributed by atoms with Gasteiger partial charge in [-0.25, -0.2) is 13.2 Å². The fourth-order valence-electron chi connectivity index (χ4n) is 2.65. The molecule has 2 N–H and O–H groups in total. The Balaban J connectivity index is 1.60. The SMILES string of the molecule is C[C@H](OC(=O)c1cc(Cl)c[nH]1)C(=O)Nc1ccc(S(=O)(=O)N2CCOCC2)cc1. The summed E-state index contributed by atoms with van der Waals surface area (Å²) in [6.07, 6.45) is 0.358. The number of nitrogens with zero attached hydrogens (tertiary/aromatic N) is 1. The third kappa shape index (κ3) is 5.15. The number of amides is 1. The molecule has 1 aliphatic heterocycles. The highest BCUT2D eigenvalue weighted by Gasteiger charge is 2.26. The number of hydrogen-bond acceptors (Lipinski definition) is 6. The van der Waals surface area contributed by atoms with Gasteiger partial charge >= 0.3 is 5.97 Å². The highest BCUT2D eigenvalue weighted by atomic mass is 35.5. The van der Waals surface area contributed by atoms with E-state index in [9.17, 15) is 18.0 Å². The highest BCUT2D eigenvalue weighted by Crippen LogP contribution is 2.20. The van der Waals surface area contributed by atoms with Gasteiger partial charge in [-0.2, -0.15) is 4.31 Å². The van der Waals surface area contributed by atoms with Gasteiger partial charge in [0.2, 0.25) is 10.0 Å². The summed E-state index contributed by atoms with van der Waals surface area (Å²) in [5, 5.41) is 2.93. The van der Waals surface area contributed by atoms with E-state index in [1.165, 1.54) is 47.8 Å². The smallest absolute Gasteiger partial charge is 0.355 e. The Labute approximate surface area is 173 Å². The largest absolute Gasteiger partial charge is 0.448 e. The molecular weight excluding hydrogens is 422 g/mol. The number of aromatic amines is 1. The molecular formula is C18H20ClN3O6S. The van der Waals surface area contributed by atoms with E-state index in [4.69, 9.17) is 21.1 Å². The minimum Gasteiger partial charge on any atom is -0.448 e. The maximum atomic E-state index is 12.6. The summed E-state index contributed by atoms with van der Waals surface area (Å²) in [6.45, 7) is 2.75. The minimum absolute atomic E-state index is 0.125. The number of aromatic nitrogens is 1. The average molecular weight is 442 g/mol. The Morgan fingerprint density at radius 1 is 1.24 bits per heavy atom. The summed E-state index contributed by atoms with van der Waals surface area (Å²) in [7, 11) is -3.61. The van der Waals surface area contributed by atoms with Crippen molar-refractivity contribution in [3.63, 3.8) is 0 Å². The number of ether oxygens (including phenoxy) is 2. The Morgan fingerprint density at radius 3 is 2.48 bits per heavy atom. The molecule has 1 aromatic carbocycles. The maximum absolute atomic E-state index is 12.6. The first-order chi connectivity index (χ1) is 13.8. The van der Waals surface area contributed by atoms with Gasteiger partial charge in [0, 0.05) is 25.0 Å². The zero-order chi connectivity index (χ0) is 21.0. The Bertz CT molecular complexity index is 983. The molecule has 0 aliphatic carbocycles. The summed E-state index contributed by atoms with van der Waals surface area (Å²) in [6, 6.07) is 7.17. The van der Waals surface area contributed by atoms with Crippen LogP contribution in [0.5, 0.6) is 0 Å². The normalized spacial score (nSPS) is 16.2. The third-order valence-corrected chi connectivity index (χ3v) is 6.38. The van der Waals surface area contributed by atoms with Crippen molar-refractivity contribution in [1.82, 2.24) is 9.29 Å². The third-order valence-electron chi connectivity index (χ3n) is 4.25. The van der Waals surface area contributed by atoms with Crippen LogP contribution in [0.15, 0.2) is 41.4 Å².